The zero-order valence-electron chi connectivity index (χ0n) is 14.1. The Kier molecular flexibility index (Phi) is 9.99. The molecule has 3 unspecified atom stereocenters. The Morgan fingerprint density at radius 1 is 1.33 bits per heavy atom. The largest absolute Gasteiger partial charge is 0.379 e. The van der Waals surface area contributed by atoms with Gasteiger partial charge in [0, 0.05) is 26.8 Å². The van der Waals surface area contributed by atoms with Gasteiger partial charge in [0.15, 0.2) is 0 Å². The third-order valence-electron chi connectivity index (χ3n) is 3.54. The van der Waals surface area contributed by atoms with Crippen LogP contribution in [0.4, 0.5) is 0 Å². The Hall–Kier alpha value is -1.14. The van der Waals surface area contributed by atoms with Crippen molar-refractivity contribution in [3.05, 3.63) is 0 Å². The summed E-state index contributed by atoms with van der Waals surface area (Å²) in [5.41, 5.74) is 0. The van der Waals surface area contributed by atoms with Gasteiger partial charge in [0.2, 0.25) is 11.8 Å². The molecule has 1 aliphatic rings. The van der Waals surface area contributed by atoms with Crippen LogP contribution < -0.4 is 5.32 Å². The molecule has 0 aliphatic carbocycles. The van der Waals surface area contributed by atoms with Crippen LogP contribution in [0.15, 0.2) is 0 Å². The Bertz CT molecular complexity index is 323. The highest BCUT2D eigenvalue weighted by atomic mass is 16.5. The molecule has 0 radical (unpaired) electrons. The highest BCUT2D eigenvalue weighted by molar-refractivity contribution is 5.88. The average molecular weight is 302 g/mol. The van der Waals surface area contributed by atoms with Crippen molar-refractivity contribution in [3.8, 4) is 0 Å². The van der Waals surface area contributed by atoms with E-state index in [0.29, 0.717) is 0 Å². The van der Waals surface area contributed by atoms with Gasteiger partial charge in [-0.25, -0.2) is 0 Å². The summed E-state index contributed by atoms with van der Waals surface area (Å²) in [4.78, 5) is 25.9. The van der Waals surface area contributed by atoms with E-state index in [-0.39, 0.29) is 30.6 Å². The SMILES string of the molecule is CC.COCC(=O)NC(C(=O)N1CCCC1C)C(C)OC. The molecular weight excluding hydrogens is 272 g/mol. The molecule has 3 atom stereocenters. The van der Waals surface area contributed by atoms with Crippen LogP contribution in [0, 0.1) is 0 Å². The number of carbonyl (C=O) groups excluding carboxylic acids is 2. The molecule has 1 heterocycles. The van der Waals surface area contributed by atoms with Crippen molar-refractivity contribution < 1.29 is 19.1 Å². The minimum atomic E-state index is -0.659. The van der Waals surface area contributed by atoms with E-state index in [1.165, 1.54) is 14.2 Å². The summed E-state index contributed by atoms with van der Waals surface area (Å²) in [6, 6.07) is -0.438. The lowest BCUT2D eigenvalue weighted by molar-refractivity contribution is -0.141. The predicted octanol–water partition coefficient (Wildman–Crippen LogP) is 1.19. The molecule has 6 nitrogen and oxygen atoms in total. The third-order valence-corrected chi connectivity index (χ3v) is 3.54. The van der Waals surface area contributed by atoms with E-state index in [2.05, 4.69) is 5.32 Å². The topological polar surface area (TPSA) is 67.9 Å². The molecule has 0 aromatic carbocycles. The molecule has 0 aromatic rings. The van der Waals surface area contributed by atoms with Gasteiger partial charge in [0.05, 0.1) is 6.10 Å². The fourth-order valence-electron chi connectivity index (χ4n) is 2.30. The van der Waals surface area contributed by atoms with Gasteiger partial charge < -0.3 is 19.7 Å². The first kappa shape index (κ1) is 19.9. The molecule has 1 rings (SSSR count). The van der Waals surface area contributed by atoms with Crippen molar-refractivity contribution in [2.75, 3.05) is 27.4 Å². The van der Waals surface area contributed by atoms with Crippen LogP contribution in [0.5, 0.6) is 0 Å². The van der Waals surface area contributed by atoms with Crippen molar-refractivity contribution >= 4 is 11.8 Å². The minimum absolute atomic E-state index is 0.0598. The molecule has 1 fully saturated rings. The van der Waals surface area contributed by atoms with Crippen molar-refractivity contribution in [3.63, 3.8) is 0 Å². The van der Waals surface area contributed by atoms with E-state index in [1.807, 2.05) is 25.7 Å². The summed E-state index contributed by atoms with van der Waals surface area (Å²) in [6.45, 7) is 8.48. The van der Waals surface area contributed by atoms with Gasteiger partial charge in [-0.05, 0) is 26.7 Å². The average Bonchev–Trinajstić information content (AvgIpc) is 2.92. The summed E-state index contributed by atoms with van der Waals surface area (Å²) < 4.78 is 9.97. The summed E-state index contributed by atoms with van der Waals surface area (Å²) in [6.07, 6.45) is 1.64. The molecule has 21 heavy (non-hydrogen) atoms. The molecule has 1 N–H and O–H groups in total. The zero-order chi connectivity index (χ0) is 16.4. The van der Waals surface area contributed by atoms with Gasteiger partial charge in [-0.15, -0.1) is 0 Å². The van der Waals surface area contributed by atoms with Crippen LogP contribution in [-0.4, -0.2) is 62.3 Å². The standard InChI is InChI=1S/C13H24N2O4.C2H6/c1-9-6-5-7-15(9)13(17)12(10(2)19-4)14-11(16)8-18-3;1-2/h9-10,12H,5-8H2,1-4H3,(H,14,16);1-2H3. The number of methoxy groups -OCH3 is 2. The Morgan fingerprint density at radius 3 is 2.38 bits per heavy atom. The lowest BCUT2D eigenvalue weighted by Crippen LogP contribution is -2.55. The first-order chi connectivity index (χ1) is 10.0. The molecule has 1 saturated heterocycles. The molecule has 2 amide bonds. The van der Waals surface area contributed by atoms with Crippen molar-refractivity contribution in [1.29, 1.82) is 0 Å². The van der Waals surface area contributed by atoms with E-state index < -0.39 is 6.04 Å². The van der Waals surface area contributed by atoms with E-state index in [0.717, 1.165) is 19.4 Å². The Balaban J connectivity index is 0.00000191. The van der Waals surface area contributed by atoms with E-state index in [9.17, 15) is 9.59 Å². The fourth-order valence-corrected chi connectivity index (χ4v) is 2.30. The summed E-state index contributed by atoms with van der Waals surface area (Å²) in [7, 11) is 2.97. The Labute approximate surface area is 128 Å². The monoisotopic (exact) mass is 302 g/mol. The summed E-state index contributed by atoms with van der Waals surface area (Å²) in [5, 5.41) is 2.69. The number of ether oxygens (including phenoxy) is 2. The number of carbonyl (C=O) groups is 2. The molecule has 1 aliphatic heterocycles. The van der Waals surface area contributed by atoms with Crippen molar-refractivity contribution in [2.24, 2.45) is 0 Å². The number of amides is 2. The van der Waals surface area contributed by atoms with Crippen LogP contribution in [-0.2, 0) is 19.1 Å². The molecule has 0 bridgehead atoms. The molecule has 0 aromatic heterocycles. The maximum Gasteiger partial charge on any atom is 0.248 e. The summed E-state index contributed by atoms with van der Waals surface area (Å²) in [5.74, 6) is -0.389. The third kappa shape index (κ3) is 6.01. The fraction of sp³-hybridized carbons (Fsp3) is 0.867. The van der Waals surface area contributed by atoms with Gasteiger partial charge in [-0.2, -0.15) is 0 Å². The maximum atomic E-state index is 12.5. The van der Waals surface area contributed by atoms with Crippen LogP contribution in [0.2, 0.25) is 0 Å². The number of hydrogen-bond acceptors (Lipinski definition) is 4. The number of hydrogen-bond donors (Lipinski definition) is 1. The number of rotatable bonds is 6. The molecule has 124 valence electrons. The van der Waals surface area contributed by atoms with E-state index in [4.69, 9.17) is 9.47 Å². The van der Waals surface area contributed by atoms with Gasteiger partial charge in [0.25, 0.3) is 0 Å². The highest BCUT2D eigenvalue weighted by Gasteiger charge is 2.34. The second-order valence-corrected chi connectivity index (χ2v) is 4.94. The maximum absolute atomic E-state index is 12.5. The molecule has 0 spiro atoms. The first-order valence-electron chi connectivity index (χ1n) is 7.62. The van der Waals surface area contributed by atoms with Gasteiger partial charge in [-0.1, -0.05) is 13.8 Å². The predicted molar refractivity (Wildman–Crippen MR) is 82.0 cm³/mol. The molecule has 6 heteroatoms. The first-order valence-corrected chi connectivity index (χ1v) is 7.62. The van der Waals surface area contributed by atoms with Gasteiger partial charge in [0.1, 0.15) is 12.6 Å². The molecular formula is C15H30N2O4. The van der Waals surface area contributed by atoms with E-state index >= 15 is 0 Å². The number of nitrogens with zero attached hydrogens (tertiary/aromatic N) is 1. The van der Waals surface area contributed by atoms with Gasteiger partial charge in [-0.3, -0.25) is 9.59 Å². The number of likely N-dealkylation sites (tertiary alicyclic amines) is 1. The lowest BCUT2D eigenvalue weighted by atomic mass is 10.1. The second kappa shape index (κ2) is 10.6. The number of nitrogens with one attached hydrogen (secondary N) is 1. The second-order valence-electron chi connectivity index (χ2n) is 4.94. The lowest BCUT2D eigenvalue weighted by Gasteiger charge is -2.30. The van der Waals surface area contributed by atoms with E-state index in [1.54, 1.807) is 6.92 Å². The highest BCUT2D eigenvalue weighted by Crippen LogP contribution is 2.18. The Morgan fingerprint density at radius 2 is 1.95 bits per heavy atom. The quantitative estimate of drug-likeness (QED) is 0.800. The smallest absolute Gasteiger partial charge is 0.248 e. The van der Waals surface area contributed by atoms with Crippen LogP contribution >= 0.6 is 0 Å². The molecule has 0 saturated carbocycles. The van der Waals surface area contributed by atoms with Crippen LogP contribution in [0.1, 0.15) is 40.5 Å². The normalized spacial score (nSPS) is 20.3. The van der Waals surface area contributed by atoms with Crippen molar-refractivity contribution in [2.45, 2.75) is 58.7 Å². The zero-order valence-corrected chi connectivity index (χ0v) is 14.1. The van der Waals surface area contributed by atoms with Crippen molar-refractivity contribution in [1.82, 2.24) is 10.2 Å². The van der Waals surface area contributed by atoms with Crippen LogP contribution in [0.25, 0.3) is 0 Å². The summed E-state index contributed by atoms with van der Waals surface area (Å²) >= 11 is 0. The van der Waals surface area contributed by atoms with Gasteiger partial charge >= 0.3 is 0 Å². The van der Waals surface area contributed by atoms with Crippen LogP contribution in [0.3, 0.4) is 0 Å². The minimum Gasteiger partial charge on any atom is -0.379 e.